The van der Waals surface area contributed by atoms with Gasteiger partial charge in [0.05, 0.1) is 11.7 Å². The number of hydrogen-bond acceptors (Lipinski definition) is 3. The van der Waals surface area contributed by atoms with E-state index in [0.29, 0.717) is 6.04 Å². The van der Waals surface area contributed by atoms with Gasteiger partial charge in [0.1, 0.15) is 6.73 Å². The minimum absolute atomic E-state index is 0.0469. The van der Waals surface area contributed by atoms with E-state index in [-0.39, 0.29) is 11.7 Å². The molecule has 4 rings (SSSR count). The van der Waals surface area contributed by atoms with Crippen molar-refractivity contribution in [2.75, 3.05) is 13.3 Å². The molecule has 1 unspecified atom stereocenters. The standard InChI is InChI=1S/C20H29NO2/c1-15(16-2-4-17(5-3-16)18-6-7-18)21-13-12-20(23-14-21)10-8-19(22)9-11-20/h2-5,15,18-19,22H,6-14H2,1H3. The van der Waals surface area contributed by atoms with Crippen molar-refractivity contribution in [3.8, 4) is 0 Å². The summed E-state index contributed by atoms with van der Waals surface area (Å²) < 4.78 is 6.30. The molecule has 3 heteroatoms. The van der Waals surface area contributed by atoms with Crippen LogP contribution in [0.3, 0.4) is 0 Å². The Morgan fingerprint density at radius 1 is 1.09 bits per heavy atom. The lowest BCUT2D eigenvalue weighted by atomic mass is 9.80. The molecule has 1 aromatic rings. The highest BCUT2D eigenvalue weighted by Crippen LogP contribution is 2.41. The molecule has 3 aliphatic rings. The van der Waals surface area contributed by atoms with Crippen LogP contribution in [-0.2, 0) is 4.74 Å². The topological polar surface area (TPSA) is 32.7 Å². The Bertz CT molecular complexity index is 519. The number of aliphatic hydroxyl groups excluding tert-OH is 1. The Morgan fingerprint density at radius 3 is 2.35 bits per heavy atom. The van der Waals surface area contributed by atoms with Crippen LogP contribution in [0.2, 0.25) is 0 Å². The van der Waals surface area contributed by atoms with Gasteiger partial charge in [-0.15, -0.1) is 0 Å². The van der Waals surface area contributed by atoms with Crippen molar-refractivity contribution < 1.29 is 9.84 Å². The number of rotatable bonds is 3. The quantitative estimate of drug-likeness (QED) is 0.916. The van der Waals surface area contributed by atoms with Crippen LogP contribution in [0.4, 0.5) is 0 Å². The summed E-state index contributed by atoms with van der Waals surface area (Å²) in [5.74, 6) is 0.833. The molecule has 1 heterocycles. The summed E-state index contributed by atoms with van der Waals surface area (Å²) in [4.78, 5) is 2.45. The smallest absolute Gasteiger partial charge is 0.100 e. The van der Waals surface area contributed by atoms with E-state index in [0.717, 1.165) is 51.3 Å². The molecule has 0 amide bonds. The predicted molar refractivity (Wildman–Crippen MR) is 91.3 cm³/mol. The third-order valence-electron chi connectivity index (χ3n) is 6.27. The maximum atomic E-state index is 9.71. The van der Waals surface area contributed by atoms with E-state index in [4.69, 9.17) is 4.74 Å². The van der Waals surface area contributed by atoms with Gasteiger partial charge in [-0.25, -0.2) is 0 Å². The minimum Gasteiger partial charge on any atom is -0.393 e. The van der Waals surface area contributed by atoms with Crippen LogP contribution in [0.1, 0.15) is 75.0 Å². The summed E-state index contributed by atoms with van der Waals surface area (Å²) in [6.07, 6.45) is 7.57. The SMILES string of the molecule is CC(c1ccc(C2CC2)cc1)N1CCC2(CCC(O)CC2)OC1. The molecule has 0 aromatic heterocycles. The lowest BCUT2D eigenvalue weighted by molar-refractivity contribution is -0.170. The highest BCUT2D eigenvalue weighted by atomic mass is 16.5. The average Bonchev–Trinajstić information content (AvgIpc) is 3.43. The van der Waals surface area contributed by atoms with Gasteiger partial charge in [0.2, 0.25) is 0 Å². The molecular weight excluding hydrogens is 286 g/mol. The Morgan fingerprint density at radius 2 is 1.78 bits per heavy atom. The summed E-state index contributed by atoms with van der Waals surface area (Å²) >= 11 is 0. The lowest BCUT2D eigenvalue weighted by Gasteiger charge is -2.46. The summed E-state index contributed by atoms with van der Waals surface area (Å²) in [7, 11) is 0. The van der Waals surface area contributed by atoms with Crippen molar-refractivity contribution in [3.63, 3.8) is 0 Å². The fraction of sp³-hybridized carbons (Fsp3) is 0.700. The van der Waals surface area contributed by atoms with Gasteiger partial charge >= 0.3 is 0 Å². The highest BCUT2D eigenvalue weighted by Gasteiger charge is 2.39. The average molecular weight is 315 g/mol. The zero-order chi connectivity index (χ0) is 15.9. The molecule has 1 spiro atoms. The van der Waals surface area contributed by atoms with E-state index < -0.39 is 0 Å². The van der Waals surface area contributed by atoms with E-state index >= 15 is 0 Å². The molecule has 3 fully saturated rings. The van der Waals surface area contributed by atoms with Crippen LogP contribution in [-0.4, -0.2) is 35.0 Å². The van der Waals surface area contributed by atoms with E-state index in [2.05, 4.69) is 36.1 Å². The van der Waals surface area contributed by atoms with Crippen LogP contribution < -0.4 is 0 Å². The van der Waals surface area contributed by atoms with Gasteiger partial charge in [-0.3, -0.25) is 4.90 Å². The van der Waals surface area contributed by atoms with E-state index in [1.54, 1.807) is 0 Å². The Hall–Kier alpha value is -0.900. The zero-order valence-electron chi connectivity index (χ0n) is 14.2. The summed E-state index contributed by atoms with van der Waals surface area (Å²) in [6.45, 7) is 4.11. The van der Waals surface area contributed by atoms with Crippen molar-refractivity contribution in [2.24, 2.45) is 0 Å². The van der Waals surface area contributed by atoms with Crippen LogP contribution in [0.15, 0.2) is 24.3 Å². The molecule has 2 aliphatic carbocycles. The third-order valence-corrected chi connectivity index (χ3v) is 6.27. The van der Waals surface area contributed by atoms with Gasteiger partial charge in [0.15, 0.2) is 0 Å². The molecule has 0 bridgehead atoms. The maximum absolute atomic E-state index is 9.71. The first-order chi connectivity index (χ1) is 11.2. The van der Waals surface area contributed by atoms with Gasteiger partial charge in [0.25, 0.3) is 0 Å². The molecular formula is C20H29NO2. The second-order valence-corrected chi connectivity index (χ2v) is 7.87. The molecule has 2 saturated carbocycles. The Kier molecular flexibility index (Phi) is 4.21. The monoisotopic (exact) mass is 315 g/mol. The number of ether oxygens (including phenoxy) is 1. The lowest BCUT2D eigenvalue weighted by Crippen LogP contribution is -2.49. The van der Waals surface area contributed by atoms with E-state index in [1.165, 1.54) is 24.0 Å². The van der Waals surface area contributed by atoms with Gasteiger partial charge in [-0.1, -0.05) is 24.3 Å². The van der Waals surface area contributed by atoms with E-state index in [9.17, 15) is 5.11 Å². The first-order valence-corrected chi connectivity index (χ1v) is 9.31. The molecule has 1 atom stereocenters. The molecule has 0 radical (unpaired) electrons. The number of aliphatic hydroxyl groups is 1. The van der Waals surface area contributed by atoms with Gasteiger partial charge in [0, 0.05) is 12.6 Å². The van der Waals surface area contributed by atoms with Crippen molar-refractivity contribution in [3.05, 3.63) is 35.4 Å². The molecule has 1 aliphatic heterocycles. The zero-order valence-corrected chi connectivity index (χ0v) is 14.2. The molecule has 1 aromatic carbocycles. The van der Waals surface area contributed by atoms with Crippen molar-refractivity contribution in [2.45, 2.75) is 75.5 Å². The molecule has 23 heavy (non-hydrogen) atoms. The van der Waals surface area contributed by atoms with Crippen LogP contribution in [0, 0.1) is 0 Å². The van der Waals surface area contributed by atoms with Gasteiger partial charge in [-0.2, -0.15) is 0 Å². The molecule has 1 saturated heterocycles. The number of nitrogens with zero attached hydrogens (tertiary/aromatic N) is 1. The molecule has 3 nitrogen and oxygen atoms in total. The van der Waals surface area contributed by atoms with Crippen LogP contribution >= 0.6 is 0 Å². The first kappa shape index (κ1) is 15.6. The largest absolute Gasteiger partial charge is 0.393 e. The second-order valence-electron chi connectivity index (χ2n) is 7.87. The molecule has 1 N–H and O–H groups in total. The Balaban J connectivity index is 1.35. The van der Waals surface area contributed by atoms with Crippen molar-refractivity contribution in [1.82, 2.24) is 4.90 Å². The summed E-state index contributed by atoms with van der Waals surface area (Å²) in [5.41, 5.74) is 2.95. The minimum atomic E-state index is -0.105. The fourth-order valence-electron chi connectivity index (χ4n) is 4.21. The van der Waals surface area contributed by atoms with E-state index in [1.807, 2.05) is 0 Å². The van der Waals surface area contributed by atoms with Crippen molar-refractivity contribution >= 4 is 0 Å². The van der Waals surface area contributed by atoms with Crippen LogP contribution in [0.25, 0.3) is 0 Å². The Labute approximate surface area is 139 Å². The predicted octanol–water partition coefficient (Wildman–Crippen LogP) is 3.98. The van der Waals surface area contributed by atoms with Crippen molar-refractivity contribution in [1.29, 1.82) is 0 Å². The third kappa shape index (κ3) is 3.33. The molecule has 126 valence electrons. The maximum Gasteiger partial charge on any atom is 0.100 e. The van der Waals surface area contributed by atoms with Gasteiger partial charge in [-0.05, 0) is 68.9 Å². The number of benzene rings is 1. The fourth-order valence-corrected chi connectivity index (χ4v) is 4.21. The first-order valence-electron chi connectivity index (χ1n) is 9.31. The summed E-state index contributed by atoms with van der Waals surface area (Å²) in [6, 6.07) is 9.66. The summed E-state index contributed by atoms with van der Waals surface area (Å²) in [5, 5.41) is 9.71. The van der Waals surface area contributed by atoms with Gasteiger partial charge < -0.3 is 9.84 Å². The normalized spacial score (nSPS) is 33.7. The highest BCUT2D eigenvalue weighted by molar-refractivity contribution is 5.29. The second kappa shape index (κ2) is 6.19. The van der Waals surface area contributed by atoms with Crippen LogP contribution in [0.5, 0.6) is 0 Å². The number of hydrogen-bond donors (Lipinski definition) is 1.